The summed E-state index contributed by atoms with van der Waals surface area (Å²) < 4.78 is 0. The molecule has 5 heteroatoms. The zero-order chi connectivity index (χ0) is 18.4. The van der Waals surface area contributed by atoms with Crippen molar-refractivity contribution in [2.45, 2.75) is 6.54 Å². The number of rotatable bonds is 5. The average Bonchev–Trinajstić information content (AvgIpc) is 2.72. The maximum Gasteiger partial charge on any atom is 0.258 e. The van der Waals surface area contributed by atoms with Gasteiger partial charge < -0.3 is 10.2 Å². The van der Waals surface area contributed by atoms with Gasteiger partial charge in [-0.25, -0.2) is 0 Å². The highest BCUT2D eigenvalue weighted by Crippen LogP contribution is 2.20. The molecule has 1 N–H and O–H groups in total. The topological polar surface area (TPSA) is 62.3 Å². The summed E-state index contributed by atoms with van der Waals surface area (Å²) in [6.45, 7) is 0.424. The minimum atomic E-state index is -0.224. The zero-order valence-electron chi connectivity index (χ0n) is 14.4. The van der Waals surface area contributed by atoms with Gasteiger partial charge in [-0.05, 0) is 35.9 Å². The third kappa shape index (κ3) is 3.95. The first-order valence-corrected chi connectivity index (χ1v) is 8.27. The lowest BCUT2D eigenvalue weighted by molar-refractivity contribution is 0.0963. The summed E-state index contributed by atoms with van der Waals surface area (Å²) in [6, 6.07) is 20.1. The standard InChI is InChI=1S/C21H19N3O2/c1-22-20(25)17-8-5-9-18(14-17)21(26)24(19-10-12-23-13-11-19)15-16-6-3-2-4-7-16/h2-14H,15H2,1H3,(H,22,25). The van der Waals surface area contributed by atoms with Gasteiger partial charge in [0.25, 0.3) is 11.8 Å². The van der Waals surface area contributed by atoms with Crippen LogP contribution in [0.15, 0.2) is 79.1 Å². The average molecular weight is 345 g/mol. The summed E-state index contributed by atoms with van der Waals surface area (Å²) in [6.07, 6.45) is 3.31. The Balaban J connectivity index is 1.96. The van der Waals surface area contributed by atoms with Crippen LogP contribution in [0.25, 0.3) is 0 Å². The van der Waals surface area contributed by atoms with Gasteiger partial charge in [0.05, 0.1) is 6.54 Å². The molecule has 130 valence electrons. The van der Waals surface area contributed by atoms with E-state index in [2.05, 4.69) is 10.3 Å². The number of benzene rings is 2. The third-order valence-corrected chi connectivity index (χ3v) is 4.00. The summed E-state index contributed by atoms with van der Waals surface area (Å²) in [5.41, 5.74) is 2.67. The molecule has 0 saturated carbocycles. The molecule has 0 radical (unpaired) electrons. The van der Waals surface area contributed by atoms with Crippen molar-refractivity contribution >= 4 is 17.5 Å². The number of carbonyl (C=O) groups excluding carboxylic acids is 2. The van der Waals surface area contributed by atoms with Gasteiger partial charge in [0, 0.05) is 36.3 Å². The molecular weight excluding hydrogens is 326 g/mol. The zero-order valence-corrected chi connectivity index (χ0v) is 14.4. The summed E-state index contributed by atoms with van der Waals surface area (Å²) in [7, 11) is 1.56. The van der Waals surface area contributed by atoms with E-state index >= 15 is 0 Å². The minimum Gasteiger partial charge on any atom is -0.355 e. The molecule has 26 heavy (non-hydrogen) atoms. The van der Waals surface area contributed by atoms with Crippen molar-refractivity contribution in [2.24, 2.45) is 0 Å². The molecule has 0 aliphatic heterocycles. The summed E-state index contributed by atoms with van der Waals surface area (Å²) in [5, 5.41) is 2.58. The van der Waals surface area contributed by atoms with Crippen LogP contribution in [-0.2, 0) is 6.54 Å². The largest absolute Gasteiger partial charge is 0.355 e. The van der Waals surface area contributed by atoms with E-state index in [0.29, 0.717) is 17.7 Å². The van der Waals surface area contributed by atoms with Gasteiger partial charge in [0.1, 0.15) is 0 Å². The van der Waals surface area contributed by atoms with Gasteiger partial charge in [-0.1, -0.05) is 36.4 Å². The Hall–Kier alpha value is -3.47. The Morgan fingerprint density at radius 1 is 0.923 bits per heavy atom. The van der Waals surface area contributed by atoms with Crippen molar-refractivity contribution in [1.29, 1.82) is 0 Å². The molecular formula is C21H19N3O2. The fourth-order valence-corrected chi connectivity index (χ4v) is 2.66. The molecule has 0 fully saturated rings. The Labute approximate surface area is 152 Å². The highest BCUT2D eigenvalue weighted by molar-refractivity contribution is 6.07. The Bertz CT molecular complexity index is 895. The molecule has 2 aromatic carbocycles. The van der Waals surface area contributed by atoms with Gasteiger partial charge in [0.15, 0.2) is 0 Å². The number of nitrogens with zero attached hydrogens (tertiary/aromatic N) is 2. The molecule has 2 amide bonds. The Morgan fingerprint density at radius 2 is 1.62 bits per heavy atom. The number of amides is 2. The second-order valence-corrected chi connectivity index (χ2v) is 5.74. The van der Waals surface area contributed by atoms with Crippen LogP contribution < -0.4 is 10.2 Å². The lowest BCUT2D eigenvalue weighted by Crippen LogP contribution is -2.30. The van der Waals surface area contributed by atoms with E-state index in [1.54, 1.807) is 60.7 Å². The van der Waals surface area contributed by atoms with E-state index < -0.39 is 0 Å². The van der Waals surface area contributed by atoms with E-state index in [9.17, 15) is 9.59 Å². The predicted molar refractivity (Wildman–Crippen MR) is 101 cm³/mol. The molecule has 0 aliphatic carbocycles. The second kappa shape index (κ2) is 8.07. The third-order valence-electron chi connectivity index (χ3n) is 4.00. The molecule has 0 bridgehead atoms. The number of hydrogen-bond acceptors (Lipinski definition) is 3. The predicted octanol–water partition coefficient (Wildman–Crippen LogP) is 3.29. The number of nitrogens with one attached hydrogen (secondary N) is 1. The van der Waals surface area contributed by atoms with Gasteiger partial charge in [-0.2, -0.15) is 0 Å². The van der Waals surface area contributed by atoms with Crippen LogP contribution in [0.4, 0.5) is 5.69 Å². The number of hydrogen-bond donors (Lipinski definition) is 1. The van der Waals surface area contributed by atoms with Crippen molar-refractivity contribution in [1.82, 2.24) is 10.3 Å². The first-order valence-electron chi connectivity index (χ1n) is 8.27. The van der Waals surface area contributed by atoms with Crippen LogP contribution in [0.5, 0.6) is 0 Å². The fraction of sp³-hybridized carbons (Fsp3) is 0.0952. The molecule has 1 aromatic heterocycles. The normalized spacial score (nSPS) is 10.2. The van der Waals surface area contributed by atoms with Gasteiger partial charge in [0.2, 0.25) is 0 Å². The number of anilines is 1. The van der Waals surface area contributed by atoms with Crippen LogP contribution in [-0.4, -0.2) is 23.8 Å². The van der Waals surface area contributed by atoms with Crippen LogP contribution >= 0.6 is 0 Å². The van der Waals surface area contributed by atoms with Crippen molar-refractivity contribution < 1.29 is 9.59 Å². The fourth-order valence-electron chi connectivity index (χ4n) is 2.66. The van der Waals surface area contributed by atoms with E-state index in [4.69, 9.17) is 0 Å². The van der Waals surface area contributed by atoms with Crippen molar-refractivity contribution in [3.63, 3.8) is 0 Å². The highest BCUT2D eigenvalue weighted by atomic mass is 16.2. The molecule has 0 spiro atoms. The maximum atomic E-state index is 13.2. The highest BCUT2D eigenvalue weighted by Gasteiger charge is 2.19. The first-order chi connectivity index (χ1) is 12.7. The molecule has 0 atom stereocenters. The smallest absolute Gasteiger partial charge is 0.258 e. The monoisotopic (exact) mass is 345 g/mol. The lowest BCUT2D eigenvalue weighted by Gasteiger charge is -2.23. The summed E-state index contributed by atoms with van der Waals surface area (Å²) in [5.74, 6) is -0.399. The van der Waals surface area contributed by atoms with Gasteiger partial charge in [-0.3, -0.25) is 14.6 Å². The minimum absolute atomic E-state index is 0.175. The van der Waals surface area contributed by atoms with Crippen LogP contribution in [0.1, 0.15) is 26.3 Å². The Morgan fingerprint density at radius 3 is 2.31 bits per heavy atom. The summed E-state index contributed by atoms with van der Waals surface area (Å²) >= 11 is 0. The molecule has 0 unspecified atom stereocenters. The van der Waals surface area contributed by atoms with Gasteiger partial charge in [-0.15, -0.1) is 0 Å². The van der Waals surface area contributed by atoms with Crippen molar-refractivity contribution in [2.75, 3.05) is 11.9 Å². The second-order valence-electron chi connectivity index (χ2n) is 5.74. The maximum absolute atomic E-state index is 13.2. The van der Waals surface area contributed by atoms with E-state index in [-0.39, 0.29) is 11.8 Å². The molecule has 3 aromatic rings. The van der Waals surface area contributed by atoms with Gasteiger partial charge >= 0.3 is 0 Å². The number of carbonyl (C=O) groups is 2. The first kappa shape index (κ1) is 17.4. The van der Waals surface area contributed by atoms with E-state index in [1.165, 1.54) is 0 Å². The molecule has 1 heterocycles. The van der Waals surface area contributed by atoms with Crippen molar-refractivity contribution in [3.05, 3.63) is 95.8 Å². The number of pyridine rings is 1. The van der Waals surface area contributed by atoms with E-state index in [1.807, 2.05) is 30.3 Å². The van der Waals surface area contributed by atoms with Crippen LogP contribution in [0, 0.1) is 0 Å². The molecule has 0 aliphatic rings. The molecule has 0 saturated heterocycles. The van der Waals surface area contributed by atoms with E-state index in [0.717, 1.165) is 11.3 Å². The van der Waals surface area contributed by atoms with Crippen molar-refractivity contribution in [3.8, 4) is 0 Å². The quantitative estimate of drug-likeness (QED) is 0.772. The SMILES string of the molecule is CNC(=O)c1cccc(C(=O)N(Cc2ccccc2)c2ccncc2)c1. The lowest BCUT2D eigenvalue weighted by atomic mass is 10.1. The summed E-state index contributed by atoms with van der Waals surface area (Å²) in [4.78, 5) is 30.8. The molecule has 5 nitrogen and oxygen atoms in total. The Kier molecular flexibility index (Phi) is 5.39. The van der Waals surface area contributed by atoms with Crippen LogP contribution in [0.3, 0.4) is 0 Å². The number of aromatic nitrogens is 1. The molecule has 3 rings (SSSR count). The van der Waals surface area contributed by atoms with Crippen LogP contribution in [0.2, 0.25) is 0 Å².